The van der Waals surface area contributed by atoms with Crippen LogP contribution in [0.3, 0.4) is 0 Å². The monoisotopic (exact) mass is 443 g/mol. The van der Waals surface area contributed by atoms with Crippen molar-refractivity contribution in [1.29, 1.82) is 0 Å². The van der Waals surface area contributed by atoms with Gasteiger partial charge in [0.05, 0.1) is 23.3 Å². The van der Waals surface area contributed by atoms with Gasteiger partial charge in [-0.25, -0.2) is 9.97 Å². The molecule has 0 unspecified atom stereocenters. The molecular formula is C27H21N7. The number of pyridine rings is 2. The number of imidazole rings is 1. The van der Waals surface area contributed by atoms with Crippen molar-refractivity contribution in [1.82, 2.24) is 34.1 Å². The van der Waals surface area contributed by atoms with Gasteiger partial charge in [-0.2, -0.15) is 0 Å². The van der Waals surface area contributed by atoms with E-state index in [0.717, 1.165) is 56.6 Å². The molecule has 5 heterocycles. The van der Waals surface area contributed by atoms with Crippen molar-refractivity contribution in [3.63, 3.8) is 0 Å². The number of nitrogens with zero attached hydrogens (tertiary/aromatic N) is 7. The summed E-state index contributed by atoms with van der Waals surface area (Å²) in [6.45, 7) is 4.03. The normalized spacial score (nSPS) is 11.2. The molecule has 7 nitrogen and oxygen atoms in total. The second-order valence-electron chi connectivity index (χ2n) is 8.12. The fourth-order valence-corrected chi connectivity index (χ4v) is 4.16. The molecule has 0 bridgehead atoms. The zero-order chi connectivity index (χ0) is 23.1. The smallest absolute Gasteiger partial charge is 0.163 e. The van der Waals surface area contributed by atoms with Gasteiger partial charge in [-0.3, -0.25) is 24.1 Å². The van der Waals surface area contributed by atoms with Crippen LogP contribution < -0.4 is 0 Å². The summed E-state index contributed by atoms with van der Waals surface area (Å²) in [5.74, 6) is 0.797. The maximum absolute atomic E-state index is 5.05. The highest BCUT2D eigenvalue weighted by atomic mass is 15.1. The van der Waals surface area contributed by atoms with Gasteiger partial charge in [0.2, 0.25) is 0 Å². The van der Waals surface area contributed by atoms with Crippen molar-refractivity contribution in [2.45, 2.75) is 13.8 Å². The maximum atomic E-state index is 5.05. The van der Waals surface area contributed by atoms with Crippen LogP contribution in [0.5, 0.6) is 0 Å². The summed E-state index contributed by atoms with van der Waals surface area (Å²) in [6, 6.07) is 18.1. The highest BCUT2D eigenvalue weighted by Crippen LogP contribution is 2.33. The highest BCUT2D eigenvalue weighted by molar-refractivity contribution is 5.81. The predicted molar refractivity (Wildman–Crippen MR) is 132 cm³/mol. The molecule has 0 radical (unpaired) electrons. The van der Waals surface area contributed by atoms with Gasteiger partial charge in [-0.1, -0.05) is 18.2 Å². The van der Waals surface area contributed by atoms with E-state index in [-0.39, 0.29) is 0 Å². The molecule has 0 aliphatic carbocycles. The van der Waals surface area contributed by atoms with Crippen molar-refractivity contribution in [3.05, 3.63) is 103 Å². The first-order valence-corrected chi connectivity index (χ1v) is 11.0. The Morgan fingerprint density at radius 2 is 1.53 bits per heavy atom. The molecule has 0 N–H and O–H groups in total. The molecule has 0 amide bonds. The minimum Gasteiger partial charge on any atom is -0.299 e. The Labute approximate surface area is 196 Å². The van der Waals surface area contributed by atoms with Gasteiger partial charge in [-0.15, -0.1) is 0 Å². The summed E-state index contributed by atoms with van der Waals surface area (Å²) in [7, 11) is 0. The molecule has 34 heavy (non-hydrogen) atoms. The molecule has 0 saturated heterocycles. The Hall–Kier alpha value is -4.65. The second kappa shape index (κ2) is 8.04. The topological polar surface area (TPSA) is 74.3 Å². The van der Waals surface area contributed by atoms with Crippen LogP contribution in [-0.4, -0.2) is 34.1 Å². The van der Waals surface area contributed by atoms with Crippen molar-refractivity contribution < 1.29 is 0 Å². The third-order valence-electron chi connectivity index (χ3n) is 5.82. The van der Waals surface area contributed by atoms with E-state index < -0.39 is 0 Å². The van der Waals surface area contributed by atoms with Crippen LogP contribution >= 0.6 is 0 Å². The van der Waals surface area contributed by atoms with Crippen molar-refractivity contribution in [3.8, 4) is 34.2 Å². The summed E-state index contributed by atoms with van der Waals surface area (Å²) >= 11 is 0. The second-order valence-corrected chi connectivity index (χ2v) is 8.12. The van der Waals surface area contributed by atoms with Gasteiger partial charge >= 0.3 is 0 Å². The van der Waals surface area contributed by atoms with Crippen LogP contribution in [0.15, 0.2) is 91.8 Å². The molecule has 0 saturated carbocycles. The van der Waals surface area contributed by atoms with Crippen LogP contribution in [0.1, 0.15) is 11.3 Å². The summed E-state index contributed by atoms with van der Waals surface area (Å²) in [5.41, 5.74) is 8.20. The maximum Gasteiger partial charge on any atom is 0.163 e. The average molecular weight is 444 g/mol. The number of benzene rings is 1. The summed E-state index contributed by atoms with van der Waals surface area (Å²) in [5, 5.41) is 0. The minimum absolute atomic E-state index is 0.791. The number of fused-ring (bicyclic) bond motifs is 1. The van der Waals surface area contributed by atoms with Crippen molar-refractivity contribution >= 4 is 11.2 Å². The molecule has 6 rings (SSSR count). The van der Waals surface area contributed by atoms with Crippen LogP contribution in [0.4, 0.5) is 0 Å². The third kappa shape index (κ3) is 3.34. The van der Waals surface area contributed by atoms with Gasteiger partial charge in [0.25, 0.3) is 0 Å². The van der Waals surface area contributed by atoms with Gasteiger partial charge in [-0.05, 0) is 55.8 Å². The Morgan fingerprint density at radius 3 is 2.35 bits per heavy atom. The summed E-state index contributed by atoms with van der Waals surface area (Å²) in [6.07, 6.45) is 11.2. The van der Waals surface area contributed by atoms with E-state index in [9.17, 15) is 0 Å². The average Bonchev–Trinajstić information content (AvgIpc) is 3.47. The molecule has 0 spiro atoms. The fourth-order valence-electron chi connectivity index (χ4n) is 4.16. The molecule has 5 aromatic heterocycles. The lowest BCUT2D eigenvalue weighted by atomic mass is 10.1. The largest absolute Gasteiger partial charge is 0.299 e. The molecule has 1 aromatic carbocycles. The van der Waals surface area contributed by atoms with Crippen molar-refractivity contribution in [2.75, 3.05) is 0 Å². The lowest BCUT2D eigenvalue weighted by molar-refractivity contribution is 1.02. The molecule has 7 heteroatoms. The van der Waals surface area contributed by atoms with E-state index in [1.807, 2.05) is 62.6 Å². The van der Waals surface area contributed by atoms with Gasteiger partial charge in [0, 0.05) is 42.2 Å². The van der Waals surface area contributed by atoms with Crippen molar-refractivity contribution in [2.24, 2.45) is 0 Å². The molecule has 164 valence electrons. The Bertz CT molecular complexity index is 1610. The number of hydrogen-bond acceptors (Lipinski definition) is 5. The molecule has 0 atom stereocenters. The number of aryl methyl sites for hydroxylation is 2. The lowest BCUT2D eigenvalue weighted by Crippen LogP contribution is -2.02. The van der Waals surface area contributed by atoms with E-state index in [2.05, 4.69) is 53.5 Å². The zero-order valence-electron chi connectivity index (χ0n) is 18.8. The molecule has 6 aromatic rings. The molecule has 0 aliphatic rings. The van der Waals surface area contributed by atoms with Crippen LogP contribution in [0.2, 0.25) is 0 Å². The minimum atomic E-state index is 0.791. The standard InChI is InChI=1S/C27H21N7/c1-18-16-34(27-25(18)29-13-14-30-27)24-9-4-3-7-21(24)26-32-23(22-8-5-6-12-28-22)17-33(26)20-11-10-19(2)31-15-20/h3-17H,1-2H3. The summed E-state index contributed by atoms with van der Waals surface area (Å²) in [4.78, 5) is 23.2. The predicted octanol–water partition coefficient (Wildman–Crippen LogP) is 5.35. The van der Waals surface area contributed by atoms with E-state index in [0.29, 0.717) is 0 Å². The molecular weight excluding hydrogens is 422 g/mol. The summed E-state index contributed by atoms with van der Waals surface area (Å²) < 4.78 is 4.15. The Balaban J connectivity index is 1.61. The first-order valence-electron chi connectivity index (χ1n) is 11.0. The number of rotatable bonds is 4. The van der Waals surface area contributed by atoms with Gasteiger partial charge in [0.15, 0.2) is 5.65 Å². The van der Waals surface area contributed by atoms with E-state index in [1.165, 1.54) is 0 Å². The number of aromatic nitrogens is 7. The lowest BCUT2D eigenvalue weighted by Gasteiger charge is -2.13. The Kier molecular flexibility index (Phi) is 4.73. The van der Waals surface area contributed by atoms with E-state index in [4.69, 9.17) is 4.98 Å². The molecule has 0 aliphatic heterocycles. The van der Waals surface area contributed by atoms with E-state index >= 15 is 0 Å². The van der Waals surface area contributed by atoms with Gasteiger partial charge in [0.1, 0.15) is 17.0 Å². The number of hydrogen-bond donors (Lipinski definition) is 0. The van der Waals surface area contributed by atoms with Crippen LogP contribution in [0, 0.1) is 13.8 Å². The molecule has 0 fully saturated rings. The highest BCUT2D eigenvalue weighted by Gasteiger charge is 2.19. The Morgan fingerprint density at radius 1 is 0.676 bits per heavy atom. The first-order chi connectivity index (χ1) is 16.7. The quantitative estimate of drug-likeness (QED) is 0.367. The first kappa shape index (κ1) is 20.0. The van der Waals surface area contributed by atoms with E-state index in [1.54, 1.807) is 18.6 Å². The number of para-hydroxylation sites is 1. The van der Waals surface area contributed by atoms with Gasteiger partial charge < -0.3 is 0 Å². The third-order valence-corrected chi connectivity index (χ3v) is 5.82. The zero-order valence-corrected chi connectivity index (χ0v) is 18.8. The van der Waals surface area contributed by atoms with Crippen LogP contribution in [-0.2, 0) is 0 Å². The van der Waals surface area contributed by atoms with Crippen LogP contribution in [0.25, 0.3) is 45.3 Å². The SMILES string of the molecule is Cc1ccc(-n2cc(-c3ccccn3)nc2-c2ccccc2-n2cc(C)c3nccnc32)cn1. The fraction of sp³-hybridized carbons (Fsp3) is 0.0741.